The van der Waals surface area contributed by atoms with Gasteiger partial charge < -0.3 is 9.80 Å². The standard InChI is InChI=1S/C17H16F3N5O2S/c18-17(19,20)28-14-3-1-2-11(5-14)24-8-13-4-12(24)9-25(13)16-21-6-10(7-22-16)15(26)23-27/h1-3,5-7,12-13,27H,4,8-9H2,(H,23,26). The SMILES string of the molecule is O=C(NO)c1cnc(N2CC3CC2CN3c2cccc(SC(F)(F)F)c2)nc1. The number of carbonyl (C=O) groups is 1. The molecule has 2 saturated heterocycles. The Morgan fingerprint density at radius 2 is 1.86 bits per heavy atom. The molecule has 1 amide bonds. The summed E-state index contributed by atoms with van der Waals surface area (Å²) in [6, 6.07) is 6.79. The number of hydrogen-bond donors (Lipinski definition) is 2. The van der Waals surface area contributed by atoms with E-state index in [0.29, 0.717) is 19.0 Å². The fourth-order valence-corrected chi connectivity index (χ4v) is 4.33. The van der Waals surface area contributed by atoms with Crippen molar-refractivity contribution in [1.29, 1.82) is 0 Å². The van der Waals surface area contributed by atoms with Crippen LogP contribution in [0.1, 0.15) is 16.8 Å². The van der Waals surface area contributed by atoms with Crippen LogP contribution in [0, 0.1) is 0 Å². The molecule has 1 aromatic heterocycles. The van der Waals surface area contributed by atoms with Crippen molar-refractivity contribution < 1.29 is 23.2 Å². The average Bonchev–Trinajstić information content (AvgIpc) is 3.27. The van der Waals surface area contributed by atoms with Gasteiger partial charge in [-0.1, -0.05) is 6.07 Å². The Morgan fingerprint density at radius 3 is 2.46 bits per heavy atom. The van der Waals surface area contributed by atoms with E-state index >= 15 is 0 Å². The molecule has 3 heterocycles. The van der Waals surface area contributed by atoms with Crippen molar-refractivity contribution in [3.63, 3.8) is 0 Å². The van der Waals surface area contributed by atoms with Gasteiger partial charge in [0.2, 0.25) is 5.95 Å². The first-order chi connectivity index (χ1) is 13.3. The number of carbonyl (C=O) groups excluding carboxylic acids is 1. The first kappa shape index (κ1) is 18.8. The molecule has 2 aromatic rings. The highest BCUT2D eigenvalue weighted by Gasteiger charge is 2.44. The van der Waals surface area contributed by atoms with E-state index in [2.05, 4.69) is 14.9 Å². The third kappa shape index (κ3) is 3.72. The predicted octanol–water partition coefficient (Wildman–Crippen LogP) is 2.68. The summed E-state index contributed by atoms with van der Waals surface area (Å²) in [5, 5.41) is 8.64. The average molecular weight is 411 g/mol. The fraction of sp³-hybridized carbons (Fsp3) is 0.353. The van der Waals surface area contributed by atoms with Crippen LogP contribution in [0.2, 0.25) is 0 Å². The Morgan fingerprint density at radius 1 is 1.18 bits per heavy atom. The molecule has 2 N–H and O–H groups in total. The third-order valence-electron chi connectivity index (χ3n) is 4.88. The van der Waals surface area contributed by atoms with Crippen LogP contribution in [0.15, 0.2) is 41.6 Å². The van der Waals surface area contributed by atoms with Crippen LogP contribution in [-0.2, 0) is 0 Å². The van der Waals surface area contributed by atoms with Crippen molar-refractivity contribution in [3.05, 3.63) is 42.2 Å². The summed E-state index contributed by atoms with van der Waals surface area (Å²) in [6.07, 6.45) is 3.55. The number of hydroxylamine groups is 1. The van der Waals surface area contributed by atoms with Crippen molar-refractivity contribution in [1.82, 2.24) is 15.4 Å². The molecule has 0 saturated carbocycles. The van der Waals surface area contributed by atoms with Gasteiger partial charge in [-0.15, -0.1) is 0 Å². The molecular weight excluding hydrogens is 395 g/mol. The molecule has 0 aliphatic carbocycles. The maximum Gasteiger partial charge on any atom is 0.446 e. The Labute approximate surface area is 162 Å². The van der Waals surface area contributed by atoms with Gasteiger partial charge in [-0.05, 0) is 36.4 Å². The van der Waals surface area contributed by atoms with Crippen LogP contribution in [-0.4, -0.2) is 51.8 Å². The number of nitrogens with zero attached hydrogens (tertiary/aromatic N) is 4. The van der Waals surface area contributed by atoms with E-state index in [4.69, 9.17) is 5.21 Å². The van der Waals surface area contributed by atoms with Crippen LogP contribution in [0.5, 0.6) is 0 Å². The molecule has 4 rings (SSSR count). The molecule has 0 radical (unpaired) electrons. The van der Waals surface area contributed by atoms with Gasteiger partial charge in [-0.2, -0.15) is 13.2 Å². The van der Waals surface area contributed by atoms with Crippen molar-refractivity contribution in [2.24, 2.45) is 0 Å². The molecular formula is C17H16F3N5O2S. The van der Waals surface area contributed by atoms with Gasteiger partial charge in [0, 0.05) is 42.1 Å². The third-order valence-corrected chi connectivity index (χ3v) is 5.60. The Bertz CT molecular complexity index is 880. The first-order valence-corrected chi connectivity index (χ1v) is 9.31. The Balaban J connectivity index is 1.46. The second-order valence-corrected chi connectivity index (χ2v) is 7.74. The van der Waals surface area contributed by atoms with Crippen molar-refractivity contribution >= 4 is 29.3 Å². The lowest BCUT2D eigenvalue weighted by molar-refractivity contribution is -0.0328. The van der Waals surface area contributed by atoms with Crippen molar-refractivity contribution in [2.45, 2.75) is 28.9 Å². The number of nitrogens with one attached hydrogen (secondary N) is 1. The minimum absolute atomic E-state index is 0.111. The monoisotopic (exact) mass is 411 g/mol. The largest absolute Gasteiger partial charge is 0.446 e. The normalized spacial score (nSPS) is 21.3. The molecule has 2 fully saturated rings. The van der Waals surface area contributed by atoms with Crippen LogP contribution in [0.3, 0.4) is 0 Å². The number of fused-ring (bicyclic) bond motifs is 2. The second-order valence-electron chi connectivity index (χ2n) is 6.61. The molecule has 2 aliphatic rings. The van der Waals surface area contributed by atoms with E-state index in [0.717, 1.165) is 12.1 Å². The lowest BCUT2D eigenvalue weighted by Gasteiger charge is -2.35. The van der Waals surface area contributed by atoms with E-state index in [1.54, 1.807) is 12.1 Å². The highest BCUT2D eigenvalue weighted by molar-refractivity contribution is 8.00. The molecule has 2 unspecified atom stereocenters. The number of alkyl halides is 3. The zero-order valence-corrected chi connectivity index (χ0v) is 15.2. The van der Waals surface area contributed by atoms with Crippen molar-refractivity contribution in [2.75, 3.05) is 22.9 Å². The van der Waals surface area contributed by atoms with Gasteiger partial charge >= 0.3 is 5.51 Å². The number of amides is 1. The summed E-state index contributed by atoms with van der Waals surface area (Å²) >= 11 is -0.111. The van der Waals surface area contributed by atoms with Gasteiger partial charge in [-0.3, -0.25) is 10.0 Å². The molecule has 2 bridgehead atoms. The zero-order valence-electron chi connectivity index (χ0n) is 14.4. The summed E-state index contributed by atoms with van der Waals surface area (Å²) in [4.78, 5) is 24.1. The van der Waals surface area contributed by atoms with E-state index in [-0.39, 0.29) is 34.3 Å². The zero-order chi connectivity index (χ0) is 19.9. The van der Waals surface area contributed by atoms with E-state index in [1.807, 2.05) is 11.0 Å². The van der Waals surface area contributed by atoms with E-state index in [1.165, 1.54) is 23.9 Å². The highest BCUT2D eigenvalue weighted by Crippen LogP contribution is 2.40. The number of hydrogen-bond acceptors (Lipinski definition) is 7. The summed E-state index contributed by atoms with van der Waals surface area (Å²) in [5.41, 5.74) is -1.86. The number of halogens is 3. The number of benzene rings is 1. The van der Waals surface area contributed by atoms with Gasteiger partial charge in [0.05, 0.1) is 11.6 Å². The molecule has 7 nitrogen and oxygen atoms in total. The van der Waals surface area contributed by atoms with Crippen LogP contribution in [0.4, 0.5) is 24.8 Å². The summed E-state index contributed by atoms with van der Waals surface area (Å²) in [5.74, 6) is -0.194. The maximum absolute atomic E-state index is 12.6. The fourth-order valence-electron chi connectivity index (χ4n) is 3.74. The Hall–Kier alpha value is -2.53. The van der Waals surface area contributed by atoms with Crippen molar-refractivity contribution in [3.8, 4) is 0 Å². The predicted molar refractivity (Wildman–Crippen MR) is 96.5 cm³/mol. The van der Waals surface area contributed by atoms with Crippen LogP contribution < -0.4 is 15.3 Å². The molecule has 2 aliphatic heterocycles. The molecule has 2 atom stereocenters. The quantitative estimate of drug-likeness (QED) is 0.455. The molecule has 28 heavy (non-hydrogen) atoms. The minimum atomic E-state index is -4.31. The smallest absolute Gasteiger partial charge is 0.365 e. The number of anilines is 2. The summed E-state index contributed by atoms with van der Waals surface area (Å²) in [6.45, 7) is 1.31. The first-order valence-electron chi connectivity index (χ1n) is 8.49. The number of rotatable bonds is 4. The summed E-state index contributed by atoms with van der Waals surface area (Å²) < 4.78 is 37.9. The van der Waals surface area contributed by atoms with Gasteiger partial charge in [0.1, 0.15) is 0 Å². The second kappa shape index (κ2) is 7.13. The maximum atomic E-state index is 12.6. The lowest BCUT2D eigenvalue weighted by atomic mass is 10.2. The molecule has 1 aromatic carbocycles. The molecule has 11 heteroatoms. The molecule has 148 valence electrons. The number of aromatic nitrogens is 2. The minimum Gasteiger partial charge on any atom is -0.365 e. The number of piperazine rings is 1. The van der Waals surface area contributed by atoms with Crippen LogP contribution in [0.25, 0.3) is 0 Å². The van der Waals surface area contributed by atoms with Gasteiger partial charge in [0.15, 0.2) is 0 Å². The Kier molecular flexibility index (Phi) is 4.79. The molecule has 0 spiro atoms. The van der Waals surface area contributed by atoms with E-state index < -0.39 is 11.4 Å². The van der Waals surface area contributed by atoms with Crippen LogP contribution >= 0.6 is 11.8 Å². The number of thioether (sulfide) groups is 1. The van der Waals surface area contributed by atoms with Gasteiger partial charge in [0.25, 0.3) is 5.91 Å². The lowest BCUT2D eigenvalue weighted by Crippen LogP contribution is -2.47. The van der Waals surface area contributed by atoms with E-state index in [9.17, 15) is 18.0 Å². The highest BCUT2D eigenvalue weighted by atomic mass is 32.2. The van der Waals surface area contributed by atoms with Gasteiger partial charge in [-0.25, -0.2) is 15.4 Å². The topological polar surface area (TPSA) is 81.6 Å². The summed E-state index contributed by atoms with van der Waals surface area (Å²) in [7, 11) is 0.